The van der Waals surface area contributed by atoms with Gasteiger partial charge in [0.2, 0.25) is 6.29 Å². The van der Waals surface area contributed by atoms with E-state index in [0.717, 1.165) is 0 Å². The summed E-state index contributed by atoms with van der Waals surface area (Å²) in [6.45, 7) is 5.02. The summed E-state index contributed by atoms with van der Waals surface area (Å²) in [6, 6.07) is 6.00. The zero-order chi connectivity index (χ0) is 16.3. The molecule has 7 heteroatoms. The molecular formula is C15H16N2O5. The molecule has 1 heterocycles. The van der Waals surface area contributed by atoms with Crippen LogP contribution < -0.4 is 4.74 Å². The maximum atomic E-state index is 11.5. The Balaban J connectivity index is 2.31. The number of fused-ring (bicyclic) bond motifs is 1. The first-order chi connectivity index (χ1) is 10.4. The zero-order valence-corrected chi connectivity index (χ0v) is 12.5. The topological polar surface area (TPSA) is 91.6 Å². The van der Waals surface area contributed by atoms with E-state index in [1.807, 2.05) is 0 Å². The van der Waals surface area contributed by atoms with Crippen molar-refractivity contribution >= 4 is 22.6 Å². The molecule has 22 heavy (non-hydrogen) atoms. The Morgan fingerprint density at radius 1 is 1.27 bits per heavy atom. The van der Waals surface area contributed by atoms with E-state index in [1.165, 1.54) is 18.3 Å². The summed E-state index contributed by atoms with van der Waals surface area (Å²) >= 11 is 0. The van der Waals surface area contributed by atoms with Crippen molar-refractivity contribution in [2.75, 3.05) is 0 Å². The highest BCUT2D eigenvalue weighted by molar-refractivity contribution is 5.92. The Morgan fingerprint density at radius 3 is 2.64 bits per heavy atom. The van der Waals surface area contributed by atoms with Gasteiger partial charge in [0.05, 0.1) is 16.2 Å². The average Bonchev–Trinajstić information content (AvgIpc) is 2.47. The number of hydrogen-bond acceptors (Lipinski definition) is 6. The van der Waals surface area contributed by atoms with E-state index in [-0.39, 0.29) is 17.6 Å². The first kappa shape index (κ1) is 15.7. The molecule has 116 valence electrons. The third kappa shape index (κ3) is 3.30. The molecule has 0 saturated heterocycles. The smallest absolute Gasteiger partial charge is 0.311 e. The van der Waals surface area contributed by atoms with Gasteiger partial charge in [0.1, 0.15) is 5.52 Å². The molecule has 1 unspecified atom stereocenters. The van der Waals surface area contributed by atoms with Crippen molar-refractivity contribution in [3.8, 4) is 5.75 Å². The van der Waals surface area contributed by atoms with Crippen LogP contribution in [0.25, 0.3) is 10.9 Å². The van der Waals surface area contributed by atoms with Crippen molar-refractivity contribution in [2.24, 2.45) is 5.92 Å². The second-order valence-corrected chi connectivity index (χ2v) is 5.02. The average molecular weight is 304 g/mol. The van der Waals surface area contributed by atoms with Crippen molar-refractivity contribution in [3.05, 3.63) is 40.6 Å². The highest BCUT2D eigenvalue weighted by atomic mass is 16.7. The van der Waals surface area contributed by atoms with Gasteiger partial charge in [-0.15, -0.1) is 0 Å². The Morgan fingerprint density at radius 2 is 2.00 bits per heavy atom. The van der Waals surface area contributed by atoms with Crippen molar-refractivity contribution in [1.29, 1.82) is 0 Å². The van der Waals surface area contributed by atoms with E-state index >= 15 is 0 Å². The molecule has 1 aromatic carbocycles. The molecule has 0 aliphatic rings. The second kappa shape index (κ2) is 6.38. The van der Waals surface area contributed by atoms with Gasteiger partial charge >= 0.3 is 5.97 Å². The molecule has 2 aromatic rings. The molecule has 1 atom stereocenters. The van der Waals surface area contributed by atoms with Crippen LogP contribution >= 0.6 is 0 Å². The molecule has 0 aliphatic carbocycles. The van der Waals surface area contributed by atoms with E-state index in [4.69, 9.17) is 9.47 Å². The predicted molar refractivity (Wildman–Crippen MR) is 79.4 cm³/mol. The van der Waals surface area contributed by atoms with Crippen molar-refractivity contribution in [3.63, 3.8) is 0 Å². The van der Waals surface area contributed by atoms with Gasteiger partial charge in [-0.3, -0.25) is 19.9 Å². The first-order valence-corrected chi connectivity index (χ1v) is 6.79. The SMILES string of the molecule is CC(OC(=O)C(C)C)Oc1ccc([N+](=O)[O-])c2cccnc12. The number of hydrogen-bond donors (Lipinski definition) is 0. The summed E-state index contributed by atoms with van der Waals surface area (Å²) in [7, 11) is 0. The summed E-state index contributed by atoms with van der Waals surface area (Å²) in [5.41, 5.74) is 0.298. The maximum absolute atomic E-state index is 11.5. The fraction of sp³-hybridized carbons (Fsp3) is 0.333. The van der Waals surface area contributed by atoms with Crippen LogP contribution in [0.3, 0.4) is 0 Å². The van der Waals surface area contributed by atoms with Crippen LogP contribution in [0.5, 0.6) is 5.75 Å². The van der Waals surface area contributed by atoms with Crippen LogP contribution in [0.2, 0.25) is 0 Å². The van der Waals surface area contributed by atoms with Gasteiger partial charge in [-0.1, -0.05) is 13.8 Å². The molecule has 0 fully saturated rings. The number of benzene rings is 1. The quantitative estimate of drug-likeness (QED) is 0.365. The van der Waals surface area contributed by atoms with Crippen LogP contribution in [0, 0.1) is 16.0 Å². The lowest BCUT2D eigenvalue weighted by molar-refractivity contribution is -0.383. The molecule has 0 N–H and O–H groups in total. The Bertz CT molecular complexity index is 714. The van der Waals surface area contributed by atoms with E-state index < -0.39 is 11.2 Å². The highest BCUT2D eigenvalue weighted by Gasteiger charge is 2.19. The fourth-order valence-electron chi connectivity index (χ4n) is 1.89. The number of nitro groups is 1. The number of pyridine rings is 1. The van der Waals surface area contributed by atoms with Gasteiger partial charge in [-0.05, 0) is 18.2 Å². The molecule has 0 aliphatic heterocycles. The molecular weight excluding hydrogens is 288 g/mol. The van der Waals surface area contributed by atoms with Gasteiger partial charge in [-0.2, -0.15) is 0 Å². The molecule has 0 saturated carbocycles. The van der Waals surface area contributed by atoms with E-state index in [9.17, 15) is 14.9 Å². The van der Waals surface area contributed by atoms with Crippen LogP contribution in [-0.2, 0) is 9.53 Å². The molecule has 1 aromatic heterocycles. The maximum Gasteiger partial charge on any atom is 0.311 e. The Kier molecular flexibility index (Phi) is 4.55. The normalized spacial score (nSPS) is 12.2. The predicted octanol–water partition coefficient (Wildman–Crippen LogP) is 3.07. The number of non-ortho nitro benzene ring substituents is 1. The Hall–Kier alpha value is -2.70. The van der Waals surface area contributed by atoms with Gasteiger partial charge in [0.15, 0.2) is 5.75 Å². The number of esters is 1. The lowest BCUT2D eigenvalue weighted by Gasteiger charge is -2.17. The minimum Gasteiger partial charge on any atom is -0.453 e. The third-order valence-corrected chi connectivity index (χ3v) is 2.95. The molecule has 0 radical (unpaired) electrons. The van der Waals surface area contributed by atoms with E-state index in [2.05, 4.69) is 4.98 Å². The summed E-state index contributed by atoms with van der Waals surface area (Å²) in [5, 5.41) is 11.4. The molecule has 7 nitrogen and oxygen atoms in total. The number of ether oxygens (including phenoxy) is 2. The lowest BCUT2D eigenvalue weighted by Crippen LogP contribution is -2.23. The number of aromatic nitrogens is 1. The molecule has 0 amide bonds. The zero-order valence-electron chi connectivity index (χ0n) is 12.5. The monoisotopic (exact) mass is 304 g/mol. The van der Waals surface area contributed by atoms with Crippen LogP contribution in [-0.4, -0.2) is 22.2 Å². The van der Waals surface area contributed by atoms with E-state index in [1.54, 1.807) is 32.9 Å². The van der Waals surface area contributed by atoms with Crippen molar-refractivity contribution in [1.82, 2.24) is 4.98 Å². The first-order valence-electron chi connectivity index (χ1n) is 6.79. The highest BCUT2D eigenvalue weighted by Crippen LogP contribution is 2.31. The lowest BCUT2D eigenvalue weighted by atomic mass is 10.1. The van der Waals surface area contributed by atoms with Crippen molar-refractivity contribution in [2.45, 2.75) is 27.1 Å². The molecule has 2 rings (SSSR count). The number of nitrogens with zero attached hydrogens (tertiary/aromatic N) is 2. The van der Waals surface area contributed by atoms with Gasteiger partial charge in [0.25, 0.3) is 5.69 Å². The number of carbonyl (C=O) groups is 1. The second-order valence-electron chi connectivity index (χ2n) is 5.02. The molecule has 0 bridgehead atoms. The van der Waals surface area contributed by atoms with Crippen LogP contribution in [0.4, 0.5) is 5.69 Å². The van der Waals surface area contributed by atoms with Gasteiger partial charge in [-0.25, -0.2) is 0 Å². The number of nitro benzene ring substituents is 1. The molecule has 0 spiro atoms. The summed E-state index contributed by atoms with van der Waals surface area (Å²) in [6.07, 6.45) is 0.700. The van der Waals surface area contributed by atoms with Crippen molar-refractivity contribution < 1.29 is 19.2 Å². The summed E-state index contributed by atoms with van der Waals surface area (Å²) in [5.74, 6) is -0.324. The minimum absolute atomic E-state index is 0.0534. The van der Waals surface area contributed by atoms with Gasteiger partial charge < -0.3 is 9.47 Å². The van der Waals surface area contributed by atoms with Crippen LogP contribution in [0.1, 0.15) is 20.8 Å². The largest absolute Gasteiger partial charge is 0.453 e. The number of carbonyl (C=O) groups excluding carboxylic acids is 1. The van der Waals surface area contributed by atoms with E-state index in [0.29, 0.717) is 16.7 Å². The summed E-state index contributed by atoms with van der Waals surface area (Å²) < 4.78 is 10.7. The summed E-state index contributed by atoms with van der Waals surface area (Å²) in [4.78, 5) is 26.2. The standard InChI is InChI=1S/C15H16N2O5/c1-9(2)15(18)22-10(3)21-13-7-6-12(17(19)20)11-5-4-8-16-14(11)13/h4-10H,1-3H3. The number of rotatable bonds is 5. The third-order valence-electron chi connectivity index (χ3n) is 2.95. The minimum atomic E-state index is -0.818. The Labute approximate surface area is 127 Å². The van der Waals surface area contributed by atoms with Crippen LogP contribution in [0.15, 0.2) is 30.5 Å². The van der Waals surface area contributed by atoms with Gasteiger partial charge in [0, 0.05) is 19.2 Å². The fourth-order valence-corrected chi connectivity index (χ4v) is 1.89.